The molecule has 3 nitrogen and oxygen atoms in total. The van der Waals surface area contributed by atoms with Crippen LogP contribution in [0.15, 0.2) is 24.8 Å². The van der Waals surface area contributed by atoms with Gasteiger partial charge in [-0.2, -0.15) is 0 Å². The summed E-state index contributed by atoms with van der Waals surface area (Å²) in [5.74, 6) is -0.157. The van der Waals surface area contributed by atoms with Crippen molar-refractivity contribution in [2.24, 2.45) is 0 Å². The molecule has 0 aliphatic heterocycles. The molecule has 0 aromatic rings. The number of hydrogen-bond donors (Lipinski definition) is 1. The van der Waals surface area contributed by atoms with Crippen molar-refractivity contribution in [3.63, 3.8) is 0 Å². The lowest BCUT2D eigenvalue weighted by molar-refractivity contribution is -0.117. The van der Waals surface area contributed by atoms with Crippen LogP contribution in [0.2, 0.25) is 0 Å². The van der Waals surface area contributed by atoms with E-state index in [9.17, 15) is 9.59 Å². The lowest BCUT2D eigenvalue weighted by atomic mass is 10.1. The van der Waals surface area contributed by atoms with E-state index in [4.69, 9.17) is 0 Å². The number of carbonyl (C=O) groups excluding carboxylic acids is 2. The predicted molar refractivity (Wildman–Crippen MR) is 52.3 cm³/mol. The Labute approximate surface area is 78.5 Å². The molecule has 0 aromatic carbocycles. The fraction of sp³-hybridized carbons (Fsp3) is 0.400. The Morgan fingerprint density at radius 1 is 1.46 bits per heavy atom. The highest BCUT2D eigenvalue weighted by Gasteiger charge is 2.01. The molecule has 1 amide bonds. The van der Waals surface area contributed by atoms with Gasteiger partial charge in [0.2, 0.25) is 5.91 Å². The first kappa shape index (κ1) is 11.6. The molecule has 0 aromatic heterocycles. The largest absolute Gasteiger partial charge is 0.353 e. The molecule has 0 fully saturated rings. The van der Waals surface area contributed by atoms with E-state index in [-0.39, 0.29) is 11.7 Å². The number of Topliss-reactive ketones (excluding diaryl/α,β-unsaturated/α-hetero) is 1. The molecule has 13 heavy (non-hydrogen) atoms. The van der Waals surface area contributed by atoms with Crippen molar-refractivity contribution >= 4 is 11.7 Å². The van der Waals surface area contributed by atoms with Crippen LogP contribution in [0.5, 0.6) is 0 Å². The average Bonchev–Trinajstić information content (AvgIpc) is 2.11. The number of amides is 1. The minimum absolute atomic E-state index is 0.0489. The van der Waals surface area contributed by atoms with Crippen LogP contribution in [0.1, 0.15) is 19.8 Å². The Kier molecular flexibility index (Phi) is 5.52. The van der Waals surface area contributed by atoms with E-state index in [0.717, 1.165) is 0 Å². The van der Waals surface area contributed by atoms with E-state index in [1.165, 1.54) is 6.08 Å². The van der Waals surface area contributed by atoms with Gasteiger partial charge >= 0.3 is 0 Å². The molecule has 0 bridgehead atoms. The second-order valence-electron chi connectivity index (χ2n) is 2.80. The maximum atomic E-state index is 11.0. The minimum atomic E-state index is -0.206. The summed E-state index contributed by atoms with van der Waals surface area (Å²) >= 11 is 0. The lowest BCUT2D eigenvalue weighted by Gasteiger charge is -2.01. The fourth-order valence-electron chi connectivity index (χ4n) is 0.746. The van der Waals surface area contributed by atoms with Crippen molar-refractivity contribution in [2.45, 2.75) is 19.8 Å². The Morgan fingerprint density at radius 2 is 2.08 bits per heavy atom. The zero-order chi connectivity index (χ0) is 10.3. The molecular weight excluding hydrogens is 166 g/mol. The van der Waals surface area contributed by atoms with E-state index in [0.29, 0.717) is 25.0 Å². The first-order chi connectivity index (χ1) is 6.07. The van der Waals surface area contributed by atoms with Crippen LogP contribution in [0.3, 0.4) is 0 Å². The zero-order valence-electron chi connectivity index (χ0n) is 7.93. The topological polar surface area (TPSA) is 46.2 Å². The number of nitrogens with one attached hydrogen (secondary N) is 1. The molecule has 0 radical (unpaired) electrons. The summed E-state index contributed by atoms with van der Waals surface area (Å²) in [6, 6.07) is 0. The lowest BCUT2D eigenvalue weighted by Crippen LogP contribution is -2.22. The van der Waals surface area contributed by atoms with Crippen LogP contribution < -0.4 is 5.32 Å². The molecular formula is C10H15NO2. The van der Waals surface area contributed by atoms with E-state index in [2.05, 4.69) is 18.5 Å². The number of ketones is 1. The summed E-state index contributed by atoms with van der Waals surface area (Å²) in [7, 11) is 0. The van der Waals surface area contributed by atoms with Gasteiger partial charge in [0.05, 0.1) is 0 Å². The Bertz CT molecular complexity index is 231. The smallest absolute Gasteiger partial charge is 0.243 e. The van der Waals surface area contributed by atoms with Gasteiger partial charge in [0, 0.05) is 13.0 Å². The van der Waals surface area contributed by atoms with Crippen molar-refractivity contribution in [2.75, 3.05) is 6.54 Å². The van der Waals surface area contributed by atoms with Crippen molar-refractivity contribution in [3.8, 4) is 0 Å². The number of allylic oxidation sites excluding steroid dienone is 1. The van der Waals surface area contributed by atoms with Crippen LogP contribution in [-0.4, -0.2) is 18.2 Å². The van der Waals surface area contributed by atoms with Crippen LogP contribution in [0, 0.1) is 0 Å². The standard InChI is InChI=1S/C10H15NO2/c1-4-10(13)11-7-5-6-9(12)8(2)3/h4H,1-2,5-7H2,3H3,(H,11,13). The van der Waals surface area contributed by atoms with Gasteiger partial charge in [0.1, 0.15) is 0 Å². The summed E-state index contributed by atoms with van der Waals surface area (Å²) in [4.78, 5) is 21.7. The normalized spacial score (nSPS) is 9.00. The van der Waals surface area contributed by atoms with Gasteiger partial charge in [-0.3, -0.25) is 9.59 Å². The number of rotatable bonds is 6. The molecule has 0 unspecified atom stereocenters. The van der Waals surface area contributed by atoms with Crippen molar-refractivity contribution in [1.29, 1.82) is 0 Å². The van der Waals surface area contributed by atoms with Crippen molar-refractivity contribution < 1.29 is 9.59 Å². The van der Waals surface area contributed by atoms with Gasteiger partial charge in [-0.1, -0.05) is 13.2 Å². The van der Waals surface area contributed by atoms with Gasteiger partial charge in [-0.25, -0.2) is 0 Å². The van der Waals surface area contributed by atoms with Gasteiger partial charge in [-0.05, 0) is 25.0 Å². The zero-order valence-corrected chi connectivity index (χ0v) is 7.93. The predicted octanol–water partition coefficient (Wildman–Crippen LogP) is 1.21. The summed E-state index contributed by atoms with van der Waals surface area (Å²) in [6.45, 7) is 9.03. The van der Waals surface area contributed by atoms with Crippen LogP contribution in [0.25, 0.3) is 0 Å². The molecule has 1 N–H and O–H groups in total. The Balaban J connectivity index is 3.46. The monoisotopic (exact) mass is 181 g/mol. The van der Waals surface area contributed by atoms with Gasteiger partial charge in [-0.15, -0.1) is 0 Å². The Hall–Kier alpha value is -1.38. The van der Waals surface area contributed by atoms with Crippen LogP contribution >= 0.6 is 0 Å². The third-order valence-electron chi connectivity index (χ3n) is 1.54. The maximum Gasteiger partial charge on any atom is 0.243 e. The summed E-state index contributed by atoms with van der Waals surface area (Å²) < 4.78 is 0. The quantitative estimate of drug-likeness (QED) is 0.494. The summed E-state index contributed by atoms with van der Waals surface area (Å²) in [5.41, 5.74) is 0.565. The fourth-order valence-corrected chi connectivity index (χ4v) is 0.746. The third-order valence-corrected chi connectivity index (χ3v) is 1.54. The molecule has 0 atom stereocenters. The van der Waals surface area contributed by atoms with Gasteiger partial charge < -0.3 is 5.32 Å². The summed E-state index contributed by atoms with van der Waals surface area (Å²) in [6.07, 6.45) is 2.29. The number of hydrogen-bond acceptors (Lipinski definition) is 2. The maximum absolute atomic E-state index is 11.0. The van der Waals surface area contributed by atoms with E-state index < -0.39 is 0 Å². The average molecular weight is 181 g/mol. The molecule has 0 heterocycles. The summed E-state index contributed by atoms with van der Waals surface area (Å²) in [5, 5.41) is 2.59. The van der Waals surface area contributed by atoms with Gasteiger partial charge in [0.15, 0.2) is 5.78 Å². The molecule has 0 aliphatic rings. The van der Waals surface area contributed by atoms with E-state index in [1.54, 1.807) is 6.92 Å². The molecule has 72 valence electrons. The van der Waals surface area contributed by atoms with Crippen molar-refractivity contribution in [1.82, 2.24) is 5.32 Å². The molecule has 3 heteroatoms. The van der Waals surface area contributed by atoms with Crippen LogP contribution in [-0.2, 0) is 9.59 Å². The van der Waals surface area contributed by atoms with E-state index in [1.807, 2.05) is 0 Å². The highest BCUT2D eigenvalue weighted by atomic mass is 16.1. The SMILES string of the molecule is C=CC(=O)NCCCC(=O)C(=C)C. The first-order valence-corrected chi connectivity index (χ1v) is 4.17. The Morgan fingerprint density at radius 3 is 2.54 bits per heavy atom. The van der Waals surface area contributed by atoms with Crippen LogP contribution in [0.4, 0.5) is 0 Å². The minimum Gasteiger partial charge on any atom is -0.353 e. The van der Waals surface area contributed by atoms with Crippen molar-refractivity contribution in [3.05, 3.63) is 24.8 Å². The molecule has 0 saturated heterocycles. The highest BCUT2D eigenvalue weighted by molar-refractivity contribution is 5.94. The third kappa shape index (κ3) is 5.84. The van der Waals surface area contributed by atoms with Gasteiger partial charge in [0.25, 0.3) is 0 Å². The molecule has 0 spiro atoms. The number of carbonyl (C=O) groups is 2. The highest BCUT2D eigenvalue weighted by Crippen LogP contribution is 1.97. The second kappa shape index (κ2) is 6.17. The molecule has 0 saturated carbocycles. The molecule has 0 rings (SSSR count). The first-order valence-electron chi connectivity index (χ1n) is 4.17. The van der Waals surface area contributed by atoms with E-state index >= 15 is 0 Å². The molecule has 0 aliphatic carbocycles. The second-order valence-corrected chi connectivity index (χ2v) is 2.80.